The van der Waals surface area contributed by atoms with Crippen LogP contribution in [0.25, 0.3) is 0 Å². The summed E-state index contributed by atoms with van der Waals surface area (Å²) in [5, 5.41) is 3.73. The minimum Gasteiger partial charge on any atom is -0.482 e. The number of nitrogens with zero attached hydrogens (tertiary/aromatic N) is 3. The fourth-order valence-electron chi connectivity index (χ4n) is 2.85. The van der Waals surface area contributed by atoms with Crippen molar-refractivity contribution in [1.82, 2.24) is 10.1 Å². The van der Waals surface area contributed by atoms with Crippen molar-refractivity contribution in [3.8, 4) is 5.75 Å². The van der Waals surface area contributed by atoms with Gasteiger partial charge in [0.2, 0.25) is 5.89 Å². The molecule has 150 valence electrons. The molecule has 0 aliphatic carbocycles. The molecule has 0 unspecified atom stereocenters. The maximum absolute atomic E-state index is 12.8. The number of aromatic nitrogens is 2. The number of hydrogen-bond acceptors (Lipinski definition) is 7. The highest BCUT2D eigenvalue weighted by Crippen LogP contribution is 2.39. The van der Waals surface area contributed by atoms with Gasteiger partial charge in [0.05, 0.1) is 17.3 Å². The molecule has 1 aromatic heterocycles. The van der Waals surface area contributed by atoms with Gasteiger partial charge in [-0.25, -0.2) is 8.42 Å². The number of benzene rings is 2. The second-order valence-electron chi connectivity index (χ2n) is 6.22. The first-order chi connectivity index (χ1) is 13.8. The summed E-state index contributed by atoms with van der Waals surface area (Å²) in [7, 11) is -3.97. The number of hydrogen-bond donors (Lipinski definition) is 1. The van der Waals surface area contributed by atoms with Gasteiger partial charge >= 0.3 is 0 Å². The number of rotatable bonds is 5. The summed E-state index contributed by atoms with van der Waals surface area (Å²) in [5.41, 5.74) is 0.721. The van der Waals surface area contributed by atoms with E-state index in [4.69, 9.17) is 20.9 Å². The highest BCUT2D eigenvalue weighted by Gasteiger charge is 2.30. The summed E-state index contributed by atoms with van der Waals surface area (Å²) in [5.74, 6) is 0.548. The minimum absolute atomic E-state index is 0.0389. The first kappa shape index (κ1) is 19.2. The summed E-state index contributed by atoms with van der Waals surface area (Å²) in [6.45, 7) is 1.42. The Morgan fingerprint density at radius 2 is 2.00 bits per heavy atom. The summed E-state index contributed by atoms with van der Waals surface area (Å²) in [6.07, 6.45) is 0. The van der Waals surface area contributed by atoms with Crippen LogP contribution in [0.3, 0.4) is 0 Å². The topological polar surface area (TPSA) is 115 Å². The van der Waals surface area contributed by atoms with Crippen molar-refractivity contribution in [2.45, 2.75) is 18.4 Å². The van der Waals surface area contributed by atoms with Crippen LogP contribution < -0.4 is 14.4 Å². The maximum atomic E-state index is 12.8. The molecule has 0 saturated carbocycles. The van der Waals surface area contributed by atoms with E-state index in [9.17, 15) is 13.2 Å². The van der Waals surface area contributed by atoms with E-state index in [2.05, 4.69) is 14.9 Å². The smallest absolute Gasteiger partial charge is 0.265 e. The Kier molecular flexibility index (Phi) is 4.89. The quantitative estimate of drug-likeness (QED) is 0.656. The molecular weight excluding hydrogens is 420 g/mol. The first-order valence-corrected chi connectivity index (χ1v) is 10.3. The van der Waals surface area contributed by atoms with Crippen LogP contribution in [-0.2, 0) is 21.4 Å². The average Bonchev–Trinajstić information content (AvgIpc) is 3.09. The fourth-order valence-corrected chi connectivity index (χ4v) is 4.44. The van der Waals surface area contributed by atoms with Crippen molar-refractivity contribution in [2.75, 3.05) is 16.2 Å². The van der Waals surface area contributed by atoms with Gasteiger partial charge in [0.25, 0.3) is 15.9 Å². The van der Waals surface area contributed by atoms with Crippen LogP contribution in [0, 0.1) is 6.92 Å². The van der Waals surface area contributed by atoms with Crippen LogP contribution >= 0.6 is 11.6 Å². The molecule has 0 saturated heterocycles. The Morgan fingerprint density at radius 1 is 1.24 bits per heavy atom. The summed E-state index contributed by atoms with van der Waals surface area (Å²) in [6, 6.07) is 11.1. The number of aryl methyl sites for hydroxylation is 1. The number of sulfonamides is 1. The van der Waals surface area contributed by atoms with Crippen molar-refractivity contribution in [3.05, 3.63) is 59.2 Å². The van der Waals surface area contributed by atoms with Crippen LogP contribution in [0.1, 0.15) is 11.7 Å². The highest BCUT2D eigenvalue weighted by atomic mass is 35.5. The molecular formula is C18H15ClN4O5S. The third-order valence-electron chi connectivity index (χ3n) is 4.14. The van der Waals surface area contributed by atoms with Crippen LogP contribution in [0.15, 0.2) is 51.9 Å². The van der Waals surface area contributed by atoms with E-state index in [1.165, 1.54) is 17.0 Å². The molecule has 1 N–H and O–H groups in total. The number of amides is 1. The standard InChI is InChI=1S/C18H15ClN4O5S/c1-11-20-17(21-28-11)9-23-14-7-13(19)16(8-15(14)27-10-18(23)24)29(25,26)22-12-5-3-2-4-6-12/h2-8,22H,9-10H2,1H3. The van der Waals surface area contributed by atoms with E-state index in [0.717, 1.165) is 0 Å². The number of carbonyl (C=O) groups is 1. The number of nitrogens with one attached hydrogen (secondary N) is 1. The van der Waals surface area contributed by atoms with Gasteiger partial charge in [-0.1, -0.05) is 35.0 Å². The SMILES string of the molecule is Cc1nc(CN2C(=O)COc3cc(S(=O)(=O)Nc4ccccc4)c(Cl)cc32)no1. The molecule has 1 aliphatic rings. The van der Waals surface area contributed by atoms with E-state index >= 15 is 0 Å². The first-order valence-electron chi connectivity index (χ1n) is 8.47. The Bertz CT molecular complexity index is 1180. The lowest BCUT2D eigenvalue weighted by atomic mass is 10.2. The molecule has 2 heterocycles. The molecule has 2 aromatic carbocycles. The molecule has 1 aliphatic heterocycles. The van der Waals surface area contributed by atoms with E-state index in [0.29, 0.717) is 23.1 Å². The van der Waals surface area contributed by atoms with E-state index < -0.39 is 10.0 Å². The van der Waals surface area contributed by atoms with E-state index in [1.54, 1.807) is 37.3 Å². The fraction of sp³-hybridized carbons (Fsp3) is 0.167. The summed E-state index contributed by atoms with van der Waals surface area (Å²) >= 11 is 6.27. The molecule has 29 heavy (non-hydrogen) atoms. The predicted octanol–water partition coefficient (Wildman–Crippen LogP) is 2.76. The van der Waals surface area contributed by atoms with Gasteiger partial charge in [0, 0.05) is 18.7 Å². The molecule has 11 heteroatoms. The number of ether oxygens (including phenoxy) is 1. The van der Waals surface area contributed by atoms with E-state index in [-0.39, 0.29) is 34.7 Å². The molecule has 0 atom stereocenters. The lowest BCUT2D eigenvalue weighted by Gasteiger charge is -2.29. The molecule has 0 radical (unpaired) electrons. The maximum Gasteiger partial charge on any atom is 0.265 e. The molecule has 0 fully saturated rings. The monoisotopic (exact) mass is 434 g/mol. The molecule has 1 amide bonds. The summed E-state index contributed by atoms with van der Waals surface area (Å²) in [4.78, 5) is 17.6. The summed E-state index contributed by atoms with van der Waals surface area (Å²) < 4.78 is 38.4. The van der Waals surface area contributed by atoms with Crippen LogP contribution in [-0.4, -0.2) is 31.1 Å². The third-order valence-corrected chi connectivity index (χ3v) is 5.99. The molecule has 4 rings (SSSR count). The zero-order valence-corrected chi connectivity index (χ0v) is 16.7. The van der Waals surface area contributed by atoms with E-state index in [1.807, 2.05) is 0 Å². The highest BCUT2D eigenvalue weighted by molar-refractivity contribution is 7.92. The second kappa shape index (κ2) is 7.37. The second-order valence-corrected chi connectivity index (χ2v) is 8.28. The third kappa shape index (κ3) is 3.89. The number of halogens is 1. The van der Waals surface area contributed by atoms with Gasteiger partial charge in [0.1, 0.15) is 10.6 Å². The molecule has 0 bridgehead atoms. The van der Waals surface area contributed by atoms with Crippen LogP contribution in [0.2, 0.25) is 5.02 Å². The van der Waals surface area contributed by atoms with Crippen molar-refractivity contribution in [1.29, 1.82) is 0 Å². The zero-order valence-electron chi connectivity index (χ0n) is 15.1. The normalized spacial score (nSPS) is 13.7. The van der Waals surface area contributed by atoms with Crippen molar-refractivity contribution in [3.63, 3.8) is 0 Å². The van der Waals surface area contributed by atoms with Crippen LogP contribution in [0.5, 0.6) is 5.75 Å². The van der Waals surface area contributed by atoms with Gasteiger partial charge in [-0.3, -0.25) is 14.4 Å². The number of anilines is 2. The van der Waals surface area contributed by atoms with Crippen LogP contribution in [0.4, 0.5) is 11.4 Å². The lowest BCUT2D eigenvalue weighted by molar-refractivity contribution is -0.121. The Balaban J connectivity index is 1.69. The predicted molar refractivity (Wildman–Crippen MR) is 104 cm³/mol. The minimum atomic E-state index is -3.97. The Morgan fingerprint density at radius 3 is 2.69 bits per heavy atom. The van der Waals surface area contributed by atoms with Gasteiger partial charge < -0.3 is 9.26 Å². The number of carbonyl (C=O) groups excluding carboxylic acids is 1. The molecule has 9 nitrogen and oxygen atoms in total. The zero-order chi connectivity index (χ0) is 20.6. The van der Waals surface area contributed by atoms with Gasteiger partial charge in [-0.05, 0) is 18.2 Å². The molecule has 3 aromatic rings. The molecule has 0 spiro atoms. The van der Waals surface area contributed by atoms with Gasteiger partial charge in [0.15, 0.2) is 12.4 Å². The van der Waals surface area contributed by atoms with Gasteiger partial charge in [-0.15, -0.1) is 0 Å². The largest absolute Gasteiger partial charge is 0.482 e. The van der Waals surface area contributed by atoms with Gasteiger partial charge in [-0.2, -0.15) is 4.98 Å². The van der Waals surface area contributed by atoms with Crippen molar-refractivity contribution < 1.29 is 22.5 Å². The Labute approximate surface area is 171 Å². The Hall–Kier alpha value is -3.11. The van der Waals surface area contributed by atoms with Crippen molar-refractivity contribution in [2.24, 2.45) is 0 Å². The number of fused-ring (bicyclic) bond motifs is 1. The lowest BCUT2D eigenvalue weighted by Crippen LogP contribution is -2.38. The number of para-hydroxylation sites is 1. The van der Waals surface area contributed by atoms with Crippen molar-refractivity contribution >= 4 is 38.9 Å². The average molecular weight is 435 g/mol.